The number of hydrogen-bond acceptors (Lipinski definition) is 14. The first-order valence-electron chi connectivity index (χ1n) is 19.4. The van der Waals surface area contributed by atoms with Crippen LogP contribution >= 0.6 is 0 Å². The third kappa shape index (κ3) is 5.02. The molecular formula is C42H53NO13. The molecule has 5 aliphatic rings. The number of esters is 5. The van der Waals surface area contributed by atoms with Crippen molar-refractivity contribution >= 4 is 40.8 Å². The molecule has 3 aliphatic heterocycles. The van der Waals surface area contributed by atoms with Gasteiger partial charge in [-0.1, -0.05) is 41.5 Å². The van der Waals surface area contributed by atoms with Gasteiger partial charge in [0.25, 0.3) is 0 Å². The summed E-state index contributed by atoms with van der Waals surface area (Å²) in [6.45, 7) is 19.2. The van der Waals surface area contributed by atoms with Gasteiger partial charge in [-0.3, -0.25) is 14.4 Å². The minimum Gasteiger partial charge on any atom is -0.483 e. The fourth-order valence-electron chi connectivity index (χ4n) is 9.84. The molecule has 0 spiro atoms. The van der Waals surface area contributed by atoms with Crippen LogP contribution in [0.3, 0.4) is 0 Å². The molecule has 2 saturated carbocycles. The molecule has 56 heavy (non-hydrogen) atoms. The van der Waals surface area contributed by atoms with E-state index in [4.69, 9.17) is 38.6 Å². The largest absolute Gasteiger partial charge is 0.483 e. The second-order valence-electron chi connectivity index (χ2n) is 18.9. The van der Waals surface area contributed by atoms with Gasteiger partial charge in [0.2, 0.25) is 11.2 Å². The van der Waals surface area contributed by atoms with Crippen molar-refractivity contribution in [2.45, 2.75) is 150 Å². The Morgan fingerprint density at radius 1 is 0.804 bits per heavy atom. The van der Waals surface area contributed by atoms with Gasteiger partial charge in [-0.05, 0) is 90.3 Å². The molecule has 2 aromatic rings. The zero-order chi connectivity index (χ0) is 41.3. The molecular weight excluding hydrogens is 726 g/mol. The molecule has 2 N–H and O–H groups in total. The molecule has 14 heteroatoms. The van der Waals surface area contributed by atoms with Crippen molar-refractivity contribution in [3.8, 4) is 5.75 Å². The Bertz CT molecular complexity index is 2150. The van der Waals surface area contributed by atoms with Crippen LogP contribution in [0.1, 0.15) is 124 Å². The van der Waals surface area contributed by atoms with E-state index >= 15 is 0 Å². The molecule has 4 heterocycles. The minimum absolute atomic E-state index is 0.0124. The van der Waals surface area contributed by atoms with Crippen LogP contribution in [0.2, 0.25) is 0 Å². The highest BCUT2D eigenvalue weighted by Crippen LogP contribution is 2.67. The zero-order valence-electron chi connectivity index (χ0n) is 34.1. The predicted molar refractivity (Wildman–Crippen MR) is 198 cm³/mol. The third-order valence-electron chi connectivity index (χ3n) is 14.8. The highest BCUT2D eigenvalue weighted by molar-refractivity contribution is 5.95. The molecule has 0 radical (unpaired) electrons. The molecule has 2 aliphatic carbocycles. The molecule has 7 atom stereocenters. The van der Waals surface area contributed by atoms with Crippen molar-refractivity contribution in [3.05, 3.63) is 39.2 Å². The van der Waals surface area contributed by atoms with E-state index < -0.39 is 98.8 Å². The highest BCUT2D eigenvalue weighted by Gasteiger charge is 2.78. The van der Waals surface area contributed by atoms with Crippen LogP contribution in [0.4, 0.5) is 0 Å². The van der Waals surface area contributed by atoms with Crippen LogP contribution in [-0.2, 0) is 54.3 Å². The first-order valence-corrected chi connectivity index (χ1v) is 19.4. The summed E-state index contributed by atoms with van der Waals surface area (Å²) in [5, 5.41) is 0.408. The number of carbonyl (C=O) groups is 5. The molecule has 0 amide bonds. The van der Waals surface area contributed by atoms with E-state index in [-0.39, 0.29) is 41.2 Å². The summed E-state index contributed by atoms with van der Waals surface area (Å²) in [4.78, 5) is 82.1. The predicted octanol–water partition coefficient (Wildman–Crippen LogP) is 5.43. The zero-order valence-corrected chi connectivity index (χ0v) is 34.1. The Balaban J connectivity index is 1.33. The van der Waals surface area contributed by atoms with Crippen LogP contribution < -0.4 is 16.1 Å². The van der Waals surface area contributed by atoms with Crippen LogP contribution in [0, 0.1) is 34.5 Å². The lowest BCUT2D eigenvalue weighted by molar-refractivity contribution is -0.217. The normalized spacial score (nSPS) is 33.4. The summed E-state index contributed by atoms with van der Waals surface area (Å²) in [6.07, 6.45) is -1.27. The van der Waals surface area contributed by atoms with E-state index in [2.05, 4.69) is 0 Å². The van der Waals surface area contributed by atoms with Crippen molar-refractivity contribution in [3.63, 3.8) is 0 Å². The van der Waals surface area contributed by atoms with E-state index in [1.807, 2.05) is 13.8 Å². The van der Waals surface area contributed by atoms with Crippen molar-refractivity contribution in [2.24, 2.45) is 33.3 Å². The summed E-state index contributed by atoms with van der Waals surface area (Å²) in [5.41, 5.74) is -2.72. The van der Waals surface area contributed by atoms with E-state index in [9.17, 15) is 28.8 Å². The summed E-state index contributed by atoms with van der Waals surface area (Å²) in [6, 6.07) is 2.43. The van der Waals surface area contributed by atoms with Crippen molar-refractivity contribution in [2.75, 3.05) is 0 Å². The van der Waals surface area contributed by atoms with Gasteiger partial charge in [-0.15, -0.1) is 0 Å². The average molecular weight is 780 g/mol. The Kier molecular flexibility index (Phi) is 8.71. The Labute approximate surface area is 325 Å². The van der Waals surface area contributed by atoms with Crippen LogP contribution in [0.25, 0.3) is 11.0 Å². The first kappa shape index (κ1) is 39.8. The second kappa shape index (κ2) is 12.3. The number of aryl methyl sites for hydroxylation is 1. The number of carbonyl (C=O) groups excluding carboxylic acids is 5. The van der Waals surface area contributed by atoms with Gasteiger partial charge >= 0.3 is 35.5 Å². The minimum atomic E-state index is -1.67. The molecule has 304 valence electrons. The van der Waals surface area contributed by atoms with Crippen LogP contribution in [0.5, 0.6) is 5.75 Å². The van der Waals surface area contributed by atoms with Gasteiger partial charge in [-0.25, -0.2) is 14.4 Å². The number of benzene rings is 1. The topological polar surface area (TPSA) is 197 Å². The summed E-state index contributed by atoms with van der Waals surface area (Å²) < 4.78 is 42.5. The van der Waals surface area contributed by atoms with Gasteiger partial charge in [0, 0.05) is 16.2 Å². The SMILES string of the molecule is Cc1c(COC(=O)C(N)CC(C)C)c(=O)oc2c3c(ccc12)OC(C)(C)[C@H](OC(=O)[C@@]12CCC(C)(C(=O)O1)C2(C)C)[C@@H]3OC(=O)[C@@]12CCC(C)(C(=O)O1)C2(C)C. The maximum Gasteiger partial charge on any atom is 0.351 e. The Morgan fingerprint density at radius 2 is 1.34 bits per heavy atom. The van der Waals surface area contributed by atoms with Crippen LogP contribution in [-0.4, -0.2) is 58.8 Å². The average Bonchev–Trinajstić information content (AvgIpc) is 3.56. The fourth-order valence-corrected chi connectivity index (χ4v) is 9.84. The number of rotatable bonds is 9. The van der Waals surface area contributed by atoms with Gasteiger partial charge in [0.15, 0.2) is 12.2 Å². The van der Waals surface area contributed by atoms with Crippen molar-refractivity contribution in [1.82, 2.24) is 0 Å². The standard InChI is InChI=1S/C42H53NO13/c1-20(2)18-24(43)31(45)50-19-23-21(3)22-12-13-25-26(27(22)51-30(23)44)28(52-34(48)41-16-14-39(10,32(46)55-41)37(41,6)7)29(36(4,5)54-25)53-35(49)42-17-15-40(11,33(47)56-42)38(42,8)9/h12-13,20,24,28-29H,14-19,43H2,1-11H3/t24?,28-,29-,39?,40?,41-,42-/m1/s1. The number of hydrogen-bond donors (Lipinski definition) is 1. The van der Waals surface area contributed by atoms with Gasteiger partial charge in [0.1, 0.15) is 29.6 Å². The molecule has 1 aromatic carbocycles. The fraction of sp³-hybridized carbons (Fsp3) is 0.667. The number of nitrogens with two attached hydrogens (primary N) is 1. The molecule has 3 unspecified atom stereocenters. The summed E-state index contributed by atoms with van der Waals surface area (Å²) >= 11 is 0. The summed E-state index contributed by atoms with van der Waals surface area (Å²) in [7, 11) is 0. The quantitative estimate of drug-likeness (QED) is 0.192. The molecule has 14 nitrogen and oxygen atoms in total. The van der Waals surface area contributed by atoms with E-state index in [0.29, 0.717) is 30.2 Å². The lowest BCUT2D eigenvalue weighted by Gasteiger charge is -2.45. The maximum atomic E-state index is 14.7. The number of ether oxygens (including phenoxy) is 6. The smallest absolute Gasteiger partial charge is 0.351 e. The van der Waals surface area contributed by atoms with E-state index in [0.717, 1.165) is 0 Å². The monoisotopic (exact) mass is 779 g/mol. The molecule has 2 saturated heterocycles. The molecule has 4 fully saturated rings. The van der Waals surface area contributed by atoms with Crippen molar-refractivity contribution in [1.29, 1.82) is 0 Å². The third-order valence-corrected chi connectivity index (χ3v) is 14.8. The van der Waals surface area contributed by atoms with Gasteiger partial charge < -0.3 is 38.6 Å². The van der Waals surface area contributed by atoms with Crippen molar-refractivity contribution < 1.29 is 56.8 Å². The van der Waals surface area contributed by atoms with Gasteiger partial charge in [-0.2, -0.15) is 0 Å². The molecule has 7 rings (SSSR count). The Hall–Kier alpha value is -4.46. The van der Waals surface area contributed by atoms with Gasteiger partial charge in [0.05, 0.1) is 22.0 Å². The lowest BCUT2D eigenvalue weighted by Crippen LogP contribution is -2.57. The lowest BCUT2D eigenvalue weighted by atomic mass is 9.66. The van der Waals surface area contributed by atoms with E-state index in [1.165, 1.54) is 0 Å². The molecule has 4 bridgehead atoms. The Morgan fingerprint density at radius 3 is 1.82 bits per heavy atom. The first-order chi connectivity index (χ1) is 25.8. The maximum absolute atomic E-state index is 14.7. The summed E-state index contributed by atoms with van der Waals surface area (Å²) in [5.74, 6) is -3.03. The second-order valence-corrected chi connectivity index (χ2v) is 18.9. The van der Waals surface area contributed by atoms with Crippen LogP contribution in [0.15, 0.2) is 21.3 Å². The van der Waals surface area contributed by atoms with E-state index in [1.54, 1.807) is 74.4 Å². The number of fused-ring (bicyclic) bond motifs is 7. The molecule has 1 aromatic heterocycles. The highest BCUT2D eigenvalue weighted by atomic mass is 16.7.